The Morgan fingerprint density at radius 1 is 1.27 bits per heavy atom. The van der Waals surface area contributed by atoms with Crippen molar-refractivity contribution in [2.75, 3.05) is 0 Å². The van der Waals surface area contributed by atoms with Crippen LogP contribution in [0, 0.1) is 0 Å². The quantitative estimate of drug-likeness (QED) is 0.773. The van der Waals surface area contributed by atoms with Crippen LogP contribution >= 0.6 is 0 Å². The Hall–Kier alpha value is -1.35. The van der Waals surface area contributed by atoms with Crippen molar-refractivity contribution >= 4 is 5.97 Å². The van der Waals surface area contributed by atoms with Gasteiger partial charge in [-0.15, -0.1) is 0 Å². The van der Waals surface area contributed by atoms with Crippen LogP contribution in [0.2, 0.25) is 0 Å². The number of rotatable bonds is 5. The second-order valence-electron chi connectivity index (χ2n) is 3.63. The first-order chi connectivity index (χ1) is 7.11. The van der Waals surface area contributed by atoms with Gasteiger partial charge in [-0.3, -0.25) is 4.79 Å². The van der Waals surface area contributed by atoms with E-state index in [9.17, 15) is 9.90 Å². The van der Waals surface area contributed by atoms with Gasteiger partial charge in [0, 0.05) is 0 Å². The van der Waals surface area contributed by atoms with Crippen LogP contribution < -0.4 is 0 Å². The highest BCUT2D eigenvalue weighted by molar-refractivity contribution is 5.67. The number of benzene rings is 1. The molecule has 0 amide bonds. The summed E-state index contributed by atoms with van der Waals surface area (Å²) in [5.74, 6) is -0.965. The normalized spacial score (nSPS) is 12.4. The Bertz CT molecular complexity index is 316. The van der Waals surface area contributed by atoms with Crippen molar-refractivity contribution in [1.29, 1.82) is 0 Å². The summed E-state index contributed by atoms with van der Waals surface area (Å²) in [6, 6.07) is 7.87. The van der Waals surface area contributed by atoms with Crippen LogP contribution in [-0.2, 0) is 17.6 Å². The van der Waals surface area contributed by atoms with Gasteiger partial charge in [-0.25, -0.2) is 0 Å². The highest BCUT2D eigenvalue weighted by Gasteiger charge is 2.09. The first-order valence-electron chi connectivity index (χ1n) is 5.09. The van der Waals surface area contributed by atoms with E-state index in [0.717, 1.165) is 12.0 Å². The van der Waals surface area contributed by atoms with E-state index in [1.807, 2.05) is 24.3 Å². The molecule has 0 aliphatic rings. The highest BCUT2D eigenvalue weighted by atomic mass is 16.4. The molecule has 82 valence electrons. The molecule has 3 heteroatoms. The lowest BCUT2D eigenvalue weighted by Crippen LogP contribution is -2.15. The average molecular weight is 208 g/mol. The molecule has 0 radical (unpaired) electrons. The van der Waals surface area contributed by atoms with Crippen LogP contribution in [0.4, 0.5) is 0 Å². The van der Waals surface area contributed by atoms with E-state index in [0.29, 0.717) is 6.42 Å². The maximum atomic E-state index is 10.3. The van der Waals surface area contributed by atoms with Crippen molar-refractivity contribution in [3.05, 3.63) is 35.4 Å². The topological polar surface area (TPSA) is 57.5 Å². The molecule has 1 atom stereocenters. The van der Waals surface area contributed by atoms with Crippen LogP contribution in [-0.4, -0.2) is 22.3 Å². The minimum atomic E-state index is -0.965. The molecule has 0 heterocycles. The van der Waals surface area contributed by atoms with Gasteiger partial charge in [0.15, 0.2) is 0 Å². The van der Waals surface area contributed by atoms with Gasteiger partial charge >= 0.3 is 5.97 Å². The van der Waals surface area contributed by atoms with Crippen LogP contribution in [0.5, 0.6) is 0 Å². The minimum Gasteiger partial charge on any atom is -0.481 e. The van der Waals surface area contributed by atoms with E-state index >= 15 is 0 Å². The molecule has 0 bridgehead atoms. The standard InChI is InChI=1S/C12H16O3/c1-2-9-3-5-10(6-4-9)7-11(13)8-12(14)15/h3-6,11,13H,2,7-8H2,1H3,(H,14,15). The van der Waals surface area contributed by atoms with E-state index in [1.165, 1.54) is 5.56 Å². The van der Waals surface area contributed by atoms with Crippen LogP contribution in [0.3, 0.4) is 0 Å². The van der Waals surface area contributed by atoms with Gasteiger partial charge < -0.3 is 10.2 Å². The van der Waals surface area contributed by atoms with Crippen LogP contribution in [0.1, 0.15) is 24.5 Å². The summed E-state index contributed by atoms with van der Waals surface area (Å²) in [6.45, 7) is 2.08. The first-order valence-corrected chi connectivity index (χ1v) is 5.09. The Kier molecular flexibility index (Phi) is 4.31. The van der Waals surface area contributed by atoms with Crippen LogP contribution in [0.15, 0.2) is 24.3 Å². The molecule has 1 rings (SSSR count). The van der Waals surface area contributed by atoms with Gasteiger partial charge in [0.2, 0.25) is 0 Å². The fourth-order valence-corrected chi connectivity index (χ4v) is 1.46. The smallest absolute Gasteiger partial charge is 0.305 e. The SMILES string of the molecule is CCc1ccc(CC(O)CC(=O)O)cc1. The summed E-state index contributed by atoms with van der Waals surface area (Å²) < 4.78 is 0. The summed E-state index contributed by atoms with van der Waals surface area (Å²) in [7, 11) is 0. The number of aryl methyl sites for hydroxylation is 1. The van der Waals surface area contributed by atoms with Crippen LogP contribution in [0.25, 0.3) is 0 Å². The molecule has 1 aromatic carbocycles. The summed E-state index contributed by atoms with van der Waals surface area (Å²) in [5, 5.41) is 17.9. The summed E-state index contributed by atoms with van der Waals surface area (Å²) in [5.41, 5.74) is 2.22. The fourth-order valence-electron chi connectivity index (χ4n) is 1.46. The Balaban J connectivity index is 2.53. The highest BCUT2D eigenvalue weighted by Crippen LogP contribution is 2.08. The Morgan fingerprint density at radius 2 is 1.80 bits per heavy atom. The van der Waals surface area contributed by atoms with Crippen molar-refractivity contribution < 1.29 is 15.0 Å². The van der Waals surface area contributed by atoms with E-state index in [1.54, 1.807) is 0 Å². The monoisotopic (exact) mass is 208 g/mol. The molecule has 0 aliphatic heterocycles. The number of aliphatic hydroxyl groups excluding tert-OH is 1. The fraction of sp³-hybridized carbons (Fsp3) is 0.417. The molecule has 0 fully saturated rings. The summed E-state index contributed by atoms with van der Waals surface area (Å²) in [4.78, 5) is 10.3. The lowest BCUT2D eigenvalue weighted by molar-refractivity contribution is -0.139. The molecule has 0 aliphatic carbocycles. The lowest BCUT2D eigenvalue weighted by atomic mass is 10.0. The van der Waals surface area contributed by atoms with E-state index in [-0.39, 0.29) is 6.42 Å². The molecule has 1 unspecified atom stereocenters. The van der Waals surface area contributed by atoms with Gasteiger partial charge in [-0.1, -0.05) is 31.2 Å². The third-order valence-electron chi connectivity index (χ3n) is 2.31. The second kappa shape index (κ2) is 5.51. The van der Waals surface area contributed by atoms with Gasteiger partial charge in [0.1, 0.15) is 0 Å². The van der Waals surface area contributed by atoms with Gasteiger partial charge in [0.05, 0.1) is 12.5 Å². The molecule has 15 heavy (non-hydrogen) atoms. The van der Waals surface area contributed by atoms with Crippen molar-refractivity contribution in [3.8, 4) is 0 Å². The Labute approximate surface area is 89.4 Å². The average Bonchev–Trinajstić information content (AvgIpc) is 2.17. The summed E-state index contributed by atoms with van der Waals surface area (Å²) >= 11 is 0. The van der Waals surface area contributed by atoms with Crippen molar-refractivity contribution in [2.24, 2.45) is 0 Å². The number of carboxylic acids is 1. The predicted molar refractivity (Wildman–Crippen MR) is 57.8 cm³/mol. The number of hydrogen-bond donors (Lipinski definition) is 2. The number of aliphatic carboxylic acids is 1. The number of carbonyl (C=O) groups is 1. The molecule has 1 aromatic rings. The van der Waals surface area contributed by atoms with Crippen molar-refractivity contribution in [2.45, 2.75) is 32.3 Å². The van der Waals surface area contributed by atoms with E-state index < -0.39 is 12.1 Å². The molecule has 0 spiro atoms. The first kappa shape index (κ1) is 11.7. The Morgan fingerprint density at radius 3 is 2.27 bits per heavy atom. The van der Waals surface area contributed by atoms with Crippen molar-refractivity contribution in [3.63, 3.8) is 0 Å². The van der Waals surface area contributed by atoms with Gasteiger partial charge in [-0.2, -0.15) is 0 Å². The molecule has 0 saturated carbocycles. The molecule has 3 nitrogen and oxygen atoms in total. The van der Waals surface area contributed by atoms with E-state index in [4.69, 9.17) is 5.11 Å². The molecule has 2 N–H and O–H groups in total. The maximum absolute atomic E-state index is 10.3. The maximum Gasteiger partial charge on any atom is 0.305 e. The zero-order chi connectivity index (χ0) is 11.3. The van der Waals surface area contributed by atoms with Gasteiger partial charge in [-0.05, 0) is 24.0 Å². The van der Waals surface area contributed by atoms with Crippen molar-refractivity contribution in [1.82, 2.24) is 0 Å². The largest absolute Gasteiger partial charge is 0.481 e. The number of aliphatic hydroxyl groups is 1. The second-order valence-corrected chi connectivity index (χ2v) is 3.63. The molecular formula is C12H16O3. The van der Waals surface area contributed by atoms with E-state index in [2.05, 4.69) is 6.92 Å². The van der Waals surface area contributed by atoms with Gasteiger partial charge in [0.25, 0.3) is 0 Å². The summed E-state index contributed by atoms with van der Waals surface area (Å²) in [6.07, 6.45) is 0.388. The lowest BCUT2D eigenvalue weighted by Gasteiger charge is -2.08. The molecule has 0 aromatic heterocycles. The predicted octanol–water partition coefficient (Wildman–Crippen LogP) is 1.63. The minimum absolute atomic E-state index is 0.199. The number of hydrogen-bond acceptors (Lipinski definition) is 2. The third-order valence-corrected chi connectivity index (χ3v) is 2.31. The number of carboxylic acid groups (broad SMARTS) is 1. The molecule has 0 saturated heterocycles. The zero-order valence-corrected chi connectivity index (χ0v) is 8.81. The molecular weight excluding hydrogens is 192 g/mol. The zero-order valence-electron chi connectivity index (χ0n) is 8.81. The third kappa shape index (κ3) is 4.13.